The molecular formula is C11H18N2O3S. The molecular weight excluding hydrogens is 240 g/mol. The topological polar surface area (TPSA) is 79.0 Å². The van der Waals surface area contributed by atoms with Crippen LogP contribution >= 0.6 is 0 Å². The normalized spacial score (nSPS) is 14.6. The molecule has 1 rings (SSSR count). The number of rotatable bonds is 3. The van der Waals surface area contributed by atoms with E-state index in [2.05, 4.69) is 9.71 Å². The second-order valence-electron chi connectivity index (χ2n) is 5.10. The van der Waals surface area contributed by atoms with E-state index in [4.69, 9.17) is 0 Å². The number of pyridine rings is 1. The summed E-state index contributed by atoms with van der Waals surface area (Å²) in [7, 11) is -3.58. The lowest BCUT2D eigenvalue weighted by molar-refractivity contribution is 0.317. The number of aromatic nitrogens is 1. The zero-order chi connectivity index (χ0) is 13.3. The Morgan fingerprint density at radius 2 is 1.88 bits per heavy atom. The van der Waals surface area contributed by atoms with Crippen molar-refractivity contribution in [3.8, 4) is 0 Å². The summed E-state index contributed by atoms with van der Waals surface area (Å²) in [6, 6.07) is 2.27. The van der Waals surface area contributed by atoms with Crippen molar-refractivity contribution in [2.75, 3.05) is 0 Å². The van der Waals surface area contributed by atoms with Crippen molar-refractivity contribution >= 4 is 10.0 Å². The minimum Gasteiger partial charge on any atom is -0.328 e. The lowest BCUT2D eigenvalue weighted by Gasteiger charge is -2.27. The van der Waals surface area contributed by atoms with E-state index >= 15 is 0 Å². The summed E-state index contributed by atoms with van der Waals surface area (Å²) in [6.45, 7) is 7.66. The van der Waals surface area contributed by atoms with Crippen molar-refractivity contribution in [3.63, 3.8) is 0 Å². The maximum absolute atomic E-state index is 12.0. The lowest BCUT2D eigenvalue weighted by Crippen LogP contribution is -2.41. The number of nitrogens with one attached hydrogen (secondary N) is 2. The van der Waals surface area contributed by atoms with E-state index in [1.54, 1.807) is 0 Å². The molecule has 0 saturated carbocycles. The highest BCUT2D eigenvalue weighted by molar-refractivity contribution is 7.89. The number of H-pyrrole nitrogens is 1. The third-order valence-electron chi connectivity index (χ3n) is 2.70. The molecule has 0 aromatic carbocycles. The average molecular weight is 258 g/mol. The lowest BCUT2D eigenvalue weighted by atomic mass is 9.89. The van der Waals surface area contributed by atoms with Crippen LogP contribution in [-0.2, 0) is 10.0 Å². The van der Waals surface area contributed by atoms with Gasteiger partial charge < -0.3 is 4.98 Å². The Hall–Kier alpha value is -1.14. The summed E-state index contributed by atoms with van der Waals surface area (Å²) >= 11 is 0. The second kappa shape index (κ2) is 4.62. The highest BCUT2D eigenvalue weighted by Crippen LogP contribution is 2.20. The van der Waals surface area contributed by atoms with Crippen molar-refractivity contribution in [3.05, 3.63) is 28.7 Å². The van der Waals surface area contributed by atoms with Crippen molar-refractivity contribution in [2.45, 2.75) is 38.6 Å². The Bertz CT molecular complexity index is 520. The predicted molar refractivity (Wildman–Crippen MR) is 66.3 cm³/mol. The van der Waals surface area contributed by atoms with Crippen LogP contribution in [0.25, 0.3) is 0 Å². The summed E-state index contributed by atoms with van der Waals surface area (Å²) in [5.74, 6) is 0. The summed E-state index contributed by atoms with van der Waals surface area (Å²) in [5.41, 5.74) is -0.497. The molecule has 6 heteroatoms. The van der Waals surface area contributed by atoms with Gasteiger partial charge in [0.1, 0.15) is 0 Å². The van der Waals surface area contributed by atoms with Gasteiger partial charge in [-0.05, 0) is 18.4 Å². The molecule has 1 atom stereocenters. The third-order valence-corrected chi connectivity index (χ3v) is 4.24. The first-order valence-corrected chi connectivity index (χ1v) is 6.82. The van der Waals surface area contributed by atoms with Crippen LogP contribution in [0.5, 0.6) is 0 Å². The Morgan fingerprint density at radius 1 is 1.29 bits per heavy atom. The molecule has 1 aromatic heterocycles. The van der Waals surface area contributed by atoms with E-state index in [1.165, 1.54) is 18.3 Å². The fourth-order valence-electron chi connectivity index (χ4n) is 1.04. The molecule has 17 heavy (non-hydrogen) atoms. The molecule has 0 bridgehead atoms. The zero-order valence-electron chi connectivity index (χ0n) is 10.4. The Kier molecular flexibility index (Phi) is 3.78. The largest absolute Gasteiger partial charge is 0.328 e. The van der Waals surface area contributed by atoms with Gasteiger partial charge in [-0.3, -0.25) is 4.79 Å². The Morgan fingerprint density at radius 3 is 2.29 bits per heavy atom. The van der Waals surface area contributed by atoms with Crippen molar-refractivity contribution < 1.29 is 8.42 Å². The van der Waals surface area contributed by atoms with Gasteiger partial charge in [-0.15, -0.1) is 0 Å². The van der Waals surface area contributed by atoms with Gasteiger partial charge in [0, 0.05) is 18.3 Å². The van der Waals surface area contributed by atoms with Gasteiger partial charge in [-0.2, -0.15) is 0 Å². The SMILES string of the molecule is CC(NS(=O)(=O)c1ccc(=O)[nH]c1)C(C)(C)C. The highest BCUT2D eigenvalue weighted by atomic mass is 32.2. The van der Waals surface area contributed by atoms with Crippen LogP contribution in [0.15, 0.2) is 28.0 Å². The fourth-order valence-corrected chi connectivity index (χ4v) is 2.46. The minimum absolute atomic E-state index is 0.0631. The second-order valence-corrected chi connectivity index (χ2v) is 6.81. The van der Waals surface area contributed by atoms with Gasteiger partial charge in [-0.1, -0.05) is 20.8 Å². The van der Waals surface area contributed by atoms with Gasteiger partial charge in [0.25, 0.3) is 0 Å². The molecule has 1 unspecified atom stereocenters. The summed E-state index contributed by atoms with van der Waals surface area (Å²) in [4.78, 5) is 13.3. The van der Waals surface area contributed by atoms with Crippen LogP contribution in [0, 0.1) is 5.41 Å². The van der Waals surface area contributed by atoms with Gasteiger partial charge >= 0.3 is 0 Å². The highest BCUT2D eigenvalue weighted by Gasteiger charge is 2.25. The quantitative estimate of drug-likeness (QED) is 0.851. The fraction of sp³-hybridized carbons (Fsp3) is 0.545. The Labute approximate surface area is 101 Å². The molecule has 1 heterocycles. The molecule has 0 fully saturated rings. The maximum atomic E-state index is 12.0. The Balaban J connectivity index is 2.97. The summed E-state index contributed by atoms with van der Waals surface area (Å²) in [6.07, 6.45) is 1.19. The smallest absolute Gasteiger partial charge is 0.247 e. The molecule has 0 saturated heterocycles. The van der Waals surface area contributed by atoms with E-state index in [0.717, 1.165) is 0 Å². The third kappa shape index (κ3) is 3.67. The molecule has 2 N–H and O–H groups in total. The molecule has 0 aliphatic heterocycles. The molecule has 1 aromatic rings. The number of sulfonamides is 1. The van der Waals surface area contributed by atoms with Crippen molar-refractivity contribution in [1.29, 1.82) is 0 Å². The van der Waals surface area contributed by atoms with Crippen LogP contribution in [0.3, 0.4) is 0 Å². The van der Waals surface area contributed by atoms with Crippen molar-refractivity contribution in [2.24, 2.45) is 5.41 Å². The van der Waals surface area contributed by atoms with Crippen molar-refractivity contribution in [1.82, 2.24) is 9.71 Å². The van der Waals surface area contributed by atoms with Gasteiger partial charge in [0.15, 0.2) is 0 Å². The molecule has 0 aliphatic rings. The molecule has 0 radical (unpaired) electrons. The van der Waals surface area contributed by atoms with E-state index in [9.17, 15) is 13.2 Å². The van der Waals surface area contributed by atoms with E-state index in [1.807, 2.05) is 27.7 Å². The van der Waals surface area contributed by atoms with Crippen LogP contribution in [0.4, 0.5) is 0 Å². The predicted octanol–water partition coefficient (Wildman–Crippen LogP) is 1.09. The number of hydrogen-bond donors (Lipinski definition) is 2. The molecule has 0 spiro atoms. The van der Waals surface area contributed by atoms with Gasteiger partial charge in [0.05, 0.1) is 4.90 Å². The first kappa shape index (κ1) is 13.9. The minimum atomic E-state index is -3.58. The summed E-state index contributed by atoms with van der Waals surface area (Å²) < 4.78 is 26.5. The molecule has 0 aliphatic carbocycles. The van der Waals surface area contributed by atoms with E-state index in [-0.39, 0.29) is 21.9 Å². The number of aromatic amines is 1. The van der Waals surface area contributed by atoms with Crippen LogP contribution < -0.4 is 10.3 Å². The van der Waals surface area contributed by atoms with Crippen LogP contribution in [0.1, 0.15) is 27.7 Å². The maximum Gasteiger partial charge on any atom is 0.247 e. The summed E-state index contributed by atoms with van der Waals surface area (Å²) in [5, 5.41) is 0. The van der Waals surface area contributed by atoms with Crippen LogP contribution in [0.2, 0.25) is 0 Å². The van der Waals surface area contributed by atoms with Crippen LogP contribution in [-0.4, -0.2) is 19.4 Å². The van der Waals surface area contributed by atoms with Gasteiger partial charge in [-0.25, -0.2) is 13.1 Å². The molecule has 96 valence electrons. The van der Waals surface area contributed by atoms with E-state index < -0.39 is 10.0 Å². The molecule has 5 nitrogen and oxygen atoms in total. The number of hydrogen-bond acceptors (Lipinski definition) is 3. The molecule has 0 amide bonds. The monoisotopic (exact) mass is 258 g/mol. The average Bonchev–Trinajstić information content (AvgIpc) is 2.16. The first-order valence-electron chi connectivity index (χ1n) is 5.34. The standard InChI is InChI=1S/C11H18N2O3S/c1-8(11(2,3)4)13-17(15,16)9-5-6-10(14)12-7-9/h5-8,13H,1-4H3,(H,12,14). The van der Waals surface area contributed by atoms with Gasteiger partial charge in [0.2, 0.25) is 15.6 Å². The van der Waals surface area contributed by atoms with E-state index in [0.29, 0.717) is 0 Å². The first-order chi connectivity index (χ1) is 7.63. The zero-order valence-corrected chi connectivity index (χ0v) is 11.3.